The van der Waals surface area contributed by atoms with E-state index in [2.05, 4.69) is 25.6 Å². The lowest BCUT2D eigenvalue weighted by Crippen LogP contribution is -2.37. The number of hydrogen-bond donors (Lipinski definition) is 1. The van der Waals surface area contributed by atoms with E-state index in [1.54, 1.807) is 4.68 Å². The Hall–Kier alpha value is -4.28. The van der Waals surface area contributed by atoms with Gasteiger partial charge in [0.25, 0.3) is 5.91 Å². The van der Waals surface area contributed by atoms with Crippen LogP contribution < -0.4 is 10.2 Å². The fourth-order valence-electron chi connectivity index (χ4n) is 3.64. The summed E-state index contributed by atoms with van der Waals surface area (Å²) in [6.07, 6.45) is 4.51. The van der Waals surface area contributed by atoms with Crippen LogP contribution in [0.1, 0.15) is 29.5 Å². The summed E-state index contributed by atoms with van der Waals surface area (Å²) in [5.41, 5.74) is 2.58. The van der Waals surface area contributed by atoms with Crippen LogP contribution in [0.2, 0.25) is 0 Å². The molecule has 0 aliphatic heterocycles. The van der Waals surface area contributed by atoms with Crippen molar-refractivity contribution < 1.29 is 9.59 Å². The van der Waals surface area contributed by atoms with Gasteiger partial charge in [0.2, 0.25) is 5.82 Å². The van der Waals surface area contributed by atoms with Gasteiger partial charge in [-0.05, 0) is 25.0 Å². The third-order valence-electron chi connectivity index (χ3n) is 5.50. The standard InChI is InChI=1S/C24H29N9O2/c1-4-31-12-11-20(27-31)21-14-22(30(2)3)33(28-21)13-10-19(16-34)26-24(35)23-25-17-32(29-23)15-18-8-6-5-7-9-18/h5-9,11-12,14,16-17,19H,4,10,13,15H2,1-3H3,(H,26,35). The SMILES string of the molecule is CCn1ccc(-c2cc(N(C)C)n(CCC(C=O)NC(=O)c3ncn(Cc4ccccc4)n3)n2)n1. The van der Waals surface area contributed by atoms with Gasteiger partial charge in [0, 0.05) is 39.4 Å². The third-order valence-corrected chi connectivity index (χ3v) is 5.50. The van der Waals surface area contributed by atoms with E-state index in [9.17, 15) is 9.59 Å². The summed E-state index contributed by atoms with van der Waals surface area (Å²) in [5, 5.41) is 16.1. The molecule has 11 nitrogen and oxygen atoms in total. The summed E-state index contributed by atoms with van der Waals surface area (Å²) in [6, 6.07) is 12.9. The zero-order valence-electron chi connectivity index (χ0n) is 20.1. The van der Waals surface area contributed by atoms with E-state index in [-0.39, 0.29) is 5.82 Å². The number of amides is 1. The van der Waals surface area contributed by atoms with Gasteiger partial charge in [-0.3, -0.25) is 9.48 Å². The number of nitrogens with one attached hydrogen (secondary N) is 1. The first-order valence-corrected chi connectivity index (χ1v) is 11.5. The fraction of sp³-hybridized carbons (Fsp3) is 0.333. The molecule has 1 aromatic carbocycles. The quantitative estimate of drug-likeness (QED) is 0.329. The molecule has 0 spiro atoms. The summed E-state index contributed by atoms with van der Waals surface area (Å²) in [4.78, 5) is 30.4. The Balaban J connectivity index is 1.39. The molecule has 1 amide bonds. The van der Waals surface area contributed by atoms with Crippen molar-refractivity contribution in [2.45, 2.75) is 39.0 Å². The van der Waals surface area contributed by atoms with Crippen LogP contribution in [0.15, 0.2) is 55.0 Å². The van der Waals surface area contributed by atoms with Gasteiger partial charge in [0.15, 0.2) is 0 Å². The number of hydrogen-bond acceptors (Lipinski definition) is 7. The maximum absolute atomic E-state index is 12.6. The van der Waals surface area contributed by atoms with Crippen LogP contribution in [0.5, 0.6) is 0 Å². The number of aldehydes is 1. The Morgan fingerprint density at radius 2 is 1.89 bits per heavy atom. The van der Waals surface area contributed by atoms with Crippen molar-refractivity contribution in [2.24, 2.45) is 0 Å². The second-order valence-corrected chi connectivity index (χ2v) is 8.32. The highest BCUT2D eigenvalue weighted by Crippen LogP contribution is 2.22. The molecule has 0 bridgehead atoms. The van der Waals surface area contributed by atoms with Gasteiger partial charge in [-0.2, -0.15) is 10.2 Å². The maximum atomic E-state index is 12.6. The first-order valence-electron chi connectivity index (χ1n) is 11.5. The Labute approximate surface area is 203 Å². The van der Waals surface area contributed by atoms with Crippen molar-refractivity contribution >= 4 is 18.0 Å². The molecule has 0 saturated heterocycles. The van der Waals surface area contributed by atoms with E-state index in [0.29, 0.717) is 19.5 Å². The molecule has 35 heavy (non-hydrogen) atoms. The van der Waals surface area contributed by atoms with Gasteiger partial charge in [-0.1, -0.05) is 30.3 Å². The number of rotatable bonds is 11. The van der Waals surface area contributed by atoms with E-state index in [4.69, 9.17) is 0 Å². The third kappa shape index (κ3) is 5.81. The predicted molar refractivity (Wildman–Crippen MR) is 131 cm³/mol. The van der Waals surface area contributed by atoms with Gasteiger partial charge in [0.1, 0.15) is 29.8 Å². The minimum absolute atomic E-state index is 0.0228. The number of aromatic nitrogens is 7. The van der Waals surface area contributed by atoms with Crippen molar-refractivity contribution in [3.05, 3.63) is 66.4 Å². The second-order valence-electron chi connectivity index (χ2n) is 8.32. The summed E-state index contributed by atoms with van der Waals surface area (Å²) in [6.45, 7) is 3.74. The van der Waals surface area contributed by atoms with Gasteiger partial charge in [-0.25, -0.2) is 14.3 Å². The van der Waals surface area contributed by atoms with Crippen molar-refractivity contribution in [2.75, 3.05) is 19.0 Å². The molecule has 1 unspecified atom stereocenters. The van der Waals surface area contributed by atoms with Crippen LogP contribution >= 0.6 is 0 Å². The monoisotopic (exact) mass is 475 g/mol. The number of benzene rings is 1. The number of carbonyl (C=O) groups is 2. The normalized spacial score (nSPS) is 11.9. The zero-order chi connectivity index (χ0) is 24.8. The lowest BCUT2D eigenvalue weighted by atomic mass is 10.2. The smallest absolute Gasteiger partial charge is 0.291 e. The van der Waals surface area contributed by atoms with Crippen molar-refractivity contribution in [1.82, 2.24) is 39.6 Å². The average molecular weight is 476 g/mol. The molecule has 4 aromatic rings. The molecule has 0 aliphatic rings. The van der Waals surface area contributed by atoms with Gasteiger partial charge < -0.3 is 15.0 Å². The molecule has 3 heterocycles. The fourth-order valence-corrected chi connectivity index (χ4v) is 3.64. The zero-order valence-corrected chi connectivity index (χ0v) is 20.1. The largest absolute Gasteiger partial charge is 0.363 e. The van der Waals surface area contributed by atoms with Crippen LogP contribution in [-0.2, 0) is 24.4 Å². The predicted octanol–water partition coefficient (Wildman–Crippen LogP) is 1.86. The highest BCUT2D eigenvalue weighted by molar-refractivity contribution is 5.92. The second kappa shape index (κ2) is 10.8. The van der Waals surface area contributed by atoms with E-state index in [1.807, 2.05) is 83.9 Å². The molecular weight excluding hydrogens is 446 g/mol. The molecule has 1 N–H and O–H groups in total. The van der Waals surface area contributed by atoms with Crippen molar-refractivity contribution in [3.8, 4) is 11.4 Å². The molecule has 3 aromatic heterocycles. The van der Waals surface area contributed by atoms with E-state index >= 15 is 0 Å². The van der Waals surface area contributed by atoms with E-state index < -0.39 is 11.9 Å². The minimum Gasteiger partial charge on any atom is -0.363 e. The average Bonchev–Trinajstić information content (AvgIpc) is 3.61. The minimum atomic E-state index is -0.703. The lowest BCUT2D eigenvalue weighted by Gasteiger charge is -2.16. The molecule has 0 fully saturated rings. The molecule has 1 atom stereocenters. The van der Waals surface area contributed by atoms with E-state index in [1.165, 1.54) is 6.33 Å². The number of carbonyl (C=O) groups excluding carboxylic acids is 2. The highest BCUT2D eigenvalue weighted by Gasteiger charge is 2.19. The summed E-state index contributed by atoms with van der Waals surface area (Å²) in [7, 11) is 3.86. The van der Waals surface area contributed by atoms with Crippen LogP contribution in [0.25, 0.3) is 11.4 Å². The van der Waals surface area contributed by atoms with Gasteiger partial charge >= 0.3 is 0 Å². The number of aryl methyl sites for hydroxylation is 2. The lowest BCUT2D eigenvalue weighted by molar-refractivity contribution is -0.109. The molecule has 0 saturated carbocycles. The van der Waals surface area contributed by atoms with Gasteiger partial charge in [-0.15, -0.1) is 5.10 Å². The van der Waals surface area contributed by atoms with Crippen LogP contribution in [0.3, 0.4) is 0 Å². The summed E-state index contributed by atoms with van der Waals surface area (Å²) < 4.78 is 5.25. The Kier molecular flexibility index (Phi) is 7.34. The van der Waals surface area contributed by atoms with Gasteiger partial charge in [0.05, 0.1) is 12.6 Å². The number of anilines is 1. The first-order chi connectivity index (χ1) is 17.0. The molecular formula is C24H29N9O2. The molecule has 4 rings (SSSR count). The van der Waals surface area contributed by atoms with E-state index in [0.717, 1.165) is 35.6 Å². The Morgan fingerprint density at radius 1 is 1.09 bits per heavy atom. The first kappa shape index (κ1) is 23.9. The number of nitrogens with zero attached hydrogens (tertiary/aromatic N) is 8. The molecule has 11 heteroatoms. The maximum Gasteiger partial charge on any atom is 0.291 e. The van der Waals surface area contributed by atoms with Crippen molar-refractivity contribution in [3.63, 3.8) is 0 Å². The Bertz CT molecular complexity index is 1270. The van der Waals surface area contributed by atoms with Crippen molar-refractivity contribution in [1.29, 1.82) is 0 Å². The summed E-state index contributed by atoms with van der Waals surface area (Å²) >= 11 is 0. The van der Waals surface area contributed by atoms with Crippen LogP contribution in [0, 0.1) is 0 Å². The Morgan fingerprint density at radius 3 is 2.57 bits per heavy atom. The topological polar surface area (TPSA) is 116 Å². The van der Waals surface area contributed by atoms with Crippen LogP contribution in [-0.4, -0.2) is 66.7 Å². The summed E-state index contributed by atoms with van der Waals surface area (Å²) in [5.74, 6) is 0.408. The molecule has 0 aliphatic carbocycles. The highest BCUT2D eigenvalue weighted by atomic mass is 16.2. The van der Waals surface area contributed by atoms with Crippen LogP contribution in [0.4, 0.5) is 5.82 Å². The molecule has 0 radical (unpaired) electrons. The molecule has 182 valence electrons.